The zero-order valence-electron chi connectivity index (χ0n) is 9.91. The molecule has 1 aromatic carbocycles. The second kappa shape index (κ2) is 5.88. The molecule has 0 atom stereocenters. The maximum atomic E-state index is 12.2. The number of piperidine rings is 1. The van der Waals surface area contributed by atoms with E-state index in [4.69, 9.17) is 16.3 Å². The third-order valence-electron chi connectivity index (χ3n) is 2.65. The predicted octanol–water partition coefficient (Wildman–Crippen LogP) is 3.38. The topological polar surface area (TPSA) is 32.6 Å². The van der Waals surface area contributed by atoms with E-state index in [0.29, 0.717) is 18.8 Å². The van der Waals surface area contributed by atoms with Crippen LogP contribution >= 0.6 is 11.6 Å². The van der Waals surface area contributed by atoms with Crippen molar-refractivity contribution in [3.63, 3.8) is 0 Å². The van der Waals surface area contributed by atoms with Gasteiger partial charge in [0.05, 0.1) is 5.02 Å². The molecule has 0 bridgehead atoms. The van der Waals surface area contributed by atoms with E-state index >= 15 is 0 Å². The Morgan fingerprint density at radius 3 is 2.53 bits per heavy atom. The van der Waals surface area contributed by atoms with Crippen LogP contribution in [-0.2, 0) is 0 Å². The van der Waals surface area contributed by atoms with Crippen molar-refractivity contribution in [2.24, 2.45) is 0 Å². The molecule has 105 valence electrons. The van der Waals surface area contributed by atoms with Crippen molar-refractivity contribution < 1.29 is 22.6 Å². The maximum Gasteiger partial charge on any atom is 0.573 e. The lowest BCUT2D eigenvalue weighted by Gasteiger charge is -2.23. The molecule has 0 unspecified atom stereocenters. The molecule has 2 rings (SSSR count). The lowest BCUT2D eigenvalue weighted by molar-refractivity contribution is -0.274. The summed E-state index contributed by atoms with van der Waals surface area (Å²) in [6, 6.07) is 4.00. The van der Waals surface area contributed by atoms with Gasteiger partial charge >= 0.3 is 6.36 Å². The molecule has 0 amide bonds. The Hall–Kier alpha value is -1.14. The van der Waals surface area contributed by atoms with Crippen molar-refractivity contribution in [2.45, 2.75) is 25.3 Å². The van der Waals surface area contributed by atoms with Gasteiger partial charge in [-0.2, -0.15) is 0 Å². The summed E-state index contributed by atoms with van der Waals surface area (Å²) >= 11 is 5.65. The summed E-state index contributed by atoms with van der Waals surface area (Å²) < 4.78 is 46.0. The van der Waals surface area contributed by atoms with Crippen LogP contribution in [0, 0.1) is 0 Å². The molecule has 1 fully saturated rings. The first-order valence-corrected chi connectivity index (χ1v) is 6.17. The van der Waals surface area contributed by atoms with Gasteiger partial charge in [0.15, 0.2) is 5.75 Å². The Balaban J connectivity index is 2.07. The lowest BCUT2D eigenvalue weighted by atomic mass is 10.1. The number of nitrogens with zero attached hydrogens (tertiary/aromatic N) is 1. The quantitative estimate of drug-likeness (QED) is 0.856. The zero-order chi connectivity index (χ0) is 13.9. The fourth-order valence-corrected chi connectivity index (χ4v) is 1.95. The number of hydrogen-bond donors (Lipinski definition) is 0. The highest BCUT2D eigenvalue weighted by Crippen LogP contribution is 2.33. The first-order valence-electron chi connectivity index (χ1n) is 5.79. The molecule has 1 radical (unpaired) electrons. The Morgan fingerprint density at radius 1 is 1.21 bits per heavy atom. The van der Waals surface area contributed by atoms with Gasteiger partial charge in [-0.15, -0.1) is 13.2 Å². The van der Waals surface area contributed by atoms with Gasteiger partial charge in [0, 0.05) is 19.2 Å². The van der Waals surface area contributed by atoms with Crippen molar-refractivity contribution in [3.8, 4) is 11.5 Å². The maximum absolute atomic E-state index is 12.2. The number of hydrogen-bond acceptors (Lipinski definition) is 2. The van der Waals surface area contributed by atoms with Crippen LogP contribution in [0.2, 0.25) is 5.02 Å². The van der Waals surface area contributed by atoms with E-state index in [1.54, 1.807) is 0 Å². The molecular weight excluding hydrogens is 283 g/mol. The minimum atomic E-state index is -4.77. The van der Waals surface area contributed by atoms with Crippen LogP contribution in [0.25, 0.3) is 0 Å². The highest BCUT2D eigenvalue weighted by atomic mass is 35.5. The first kappa shape index (κ1) is 14.3. The van der Waals surface area contributed by atoms with Crippen LogP contribution in [0.4, 0.5) is 13.2 Å². The van der Waals surface area contributed by atoms with Crippen molar-refractivity contribution in [1.82, 2.24) is 5.32 Å². The Morgan fingerprint density at radius 2 is 1.89 bits per heavy atom. The third kappa shape index (κ3) is 4.47. The fraction of sp³-hybridized carbons (Fsp3) is 0.500. The van der Waals surface area contributed by atoms with E-state index in [1.807, 2.05) is 0 Å². The molecule has 1 aromatic rings. The summed E-state index contributed by atoms with van der Waals surface area (Å²) in [4.78, 5) is 0. The van der Waals surface area contributed by atoms with Crippen molar-refractivity contribution >= 4 is 11.6 Å². The minimum absolute atomic E-state index is 0.0302. The summed E-state index contributed by atoms with van der Waals surface area (Å²) in [5.74, 6) is -0.136. The number of ether oxygens (including phenoxy) is 2. The molecule has 7 heteroatoms. The molecule has 0 aromatic heterocycles. The van der Waals surface area contributed by atoms with Gasteiger partial charge in [-0.1, -0.05) is 11.6 Å². The minimum Gasteiger partial charge on any atom is -0.490 e. The highest BCUT2D eigenvalue weighted by Gasteiger charge is 2.32. The van der Waals surface area contributed by atoms with E-state index in [2.05, 4.69) is 10.1 Å². The number of halogens is 4. The molecule has 1 aliphatic heterocycles. The van der Waals surface area contributed by atoms with Gasteiger partial charge in [-0.25, -0.2) is 5.32 Å². The Labute approximate surface area is 113 Å². The summed E-state index contributed by atoms with van der Waals surface area (Å²) in [6.07, 6.45) is -3.28. The van der Waals surface area contributed by atoms with Crippen molar-refractivity contribution in [2.75, 3.05) is 13.1 Å². The lowest BCUT2D eigenvalue weighted by Crippen LogP contribution is -2.30. The third-order valence-corrected chi connectivity index (χ3v) is 2.96. The molecule has 19 heavy (non-hydrogen) atoms. The smallest absolute Gasteiger partial charge is 0.490 e. The van der Waals surface area contributed by atoms with Crippen LogP contribution in [0.1, 0.15) is 12.8 Å². The van der Waals surface area contributed by atoms with Crippen molar-refractivity contribution in [1.29, 1.82) is 0 Å². The standard InChI is InChI=1S/C12H12ClF3NO2/c13-10-2-1-9(7-11(10)19-12(14,15)16)18-8-3-5-17-6-4-8/h1-2,7-8H,3-6H2. The largest absolute Gasteiger partial charge is 0.573 e. The molecule has 3 nitrogen and oxygen atoms in total. The average Bonchev–Trinajstić information content (AvgIpc) is 2.33. The van der Waals surface area contributed by atoms with E-state index in [9.17, 15) is 13.2 Å². The molecule has 0 aliphatic carbocycles. The number of rotatable bonds is 3. The van der Waals surface area contributed by atoms with Gasteiger partial charge in [0.1, 0.15) is 11.9 Å². The Kier molecular flexibility index (Phi) is 4.42. The average molecular weight is 295 g/mol. The molecule has 1 heterocycles. The first-order chi connectivity index (χ1) is 8.94. The zero-order valence-corrected chi connectivity index (χ0v) is 10.7. The monoisotopic (exact) mass is 294 g/mol. The highest BCUT2D eigenvalue weighted by molar-refractivity contribution is 6.32. The SMILES string of the molecule is FC(F)(F)Oc1cc(OC2CC[N]CC2)ccc1Cl. The van der Waals surface area contributed by atoms with Crippen LogP contribution in [0.5, 0.6) is 11.5 Å². The molecule has 1 aliphatic rings. The van der Waals surface area contributed by atoms with E-state index < -0.39 is 12.1 Å². The fourth-order valence-electron chi connectivity index (χ4n) is 1.80. The summed E-state index contributed by atoms with van der Waals surface area (Å²) in [5, 5.41) is 4.07. The predicted molar refractivity (Wildman–Crippen MR) is 63.7 cm³/mol. The summed E-state index contributed by atoms with van der Waals surface area (Å²) in [6.45, 7) is 1.42. The Bertz CT molecular complexity index is 433. The normalized spacial score (nSPS) is 17.3. The van der Waals surface area contributed by atoms with Crippen molar-refractivity contribution in [3.05, 3.63) is 23.2 Å². The number of alkyl halides is 3. The second-order valence-corrected chi connectivity index (χ2v) is 4.54. The van der Waals surface area contributed by atoms with Crippen LogP contribution in [0.3, 0.4) is 0 Å². The summed E-state index contributed by atoms with van der Waals surface area (Å²) in [5.41, 5.74) is 0. The van der Waals surface area contributed by atoms with Crippen LogP contribution in [-0.4, -0.2) is 25.6 Å². The van der Waals surface area contributed by atoms with Crippen LogP contribution < -0.4 is 14.8 Å². The molecule has 0 spiro atoms. The van der Waals surface area contributed by atoms with Crippen LogP contribution in [0.15, 0.2) is 18.2 Å². The number of benzene rings is 1. The molecule has 0 N–H and O–H groups in total. The van der Waals surface area contributed by atoms with Gasteiger partial charge in [0.2, 0.25) is 0 Å². The van der Waals surface area contributed by atoms with E-state index in [0.717, 1.165) is 18.9 Å². The van der Waals surface area contributed by atoms with Gasteiger partial charge in [0.25, 0.3) is 0 Å². The van der Waals surface area contributed by atoms with Gasteiger partial charge in [-0.3, -0.25) is 0 Å². The molecule has 0 saturated carbocycles. The van der Waals surface area contributed by atoms with E-state index in [-0.39, 0.29) is 11.1 Å². The van der Waals surface area contributed by atoms with Gasteiger partial charge in [-0.05, 0) is 25.0 Å². The summed E-state index contributed by atoms with van der Waals surface area (Å²) in [7, 11) is 0. The molecular formula is C12H12ClF3NO2. The second-order valence-electron chi connectivity index (χ2n) is 4.13. The van der Waals surface area contributed by atoms with Gasteiger partial charge < -0.3 is 9.47 Å². The molecule has 1 saturated heterocycles. The van der Waals surface area contributed by atoms with E-state index in [1.165, 1.54) is 12.1 Å².